The molecule has 0 aliphatic rings. The number of carbonyl (C=O) groups excluding carboxylic acids is 1. The highest BCUT2D eigenvalue weighted by molar-refractivity contribution is 7.89. The molecule has 0 atom stereocenters. The third-order valence-corrected chi connectivity index (χ3v) is 6.64. The molecule has 156 valence electrons. The normalized spacial score (nSPS) is 11.3. The fourth-order valence-electron chi connectivity index (χ4n) is 2.98. The number of nitrogens with zero attached hydrogens (tertiary/aromatic N) is 2. The molecule has 0 aliphatic carbocycles. The maximum atomic E-state index is 12.8. The Kier molecular flexibility index (Phi) is 6.54. The standard InChI is InChI=1S/C23H24N2O4S/c1-24(30(27,28)22-15-13-21(29-3)14-16-22)17-18-9-11-19(12-10-18)23(26)25(2)20-7-5-4-6-8-20/h4-16H,17H2,1-3H3. The summed E-state index contributed by atoms with van der Waals surface area (Å²) in [5, 5.41) is 0. The predicted molar refractivity (Wildman–Crippen MR) is 117 cm³/mol. The molecule has 0 spiro atoms. The number of anilines is 1. The van der Waals surface area contributed by atoms with Gasteiger partial charge in [-0.25, -0.2) is 8.42 Å². The highest BCUT2D eigenvalue weighted by Gasteiger charge is 2.21. The topological polar surface area (TPSA) is 66.9 Å². The zero-order valence-corrected chi connectivity index (χ0v) is 18.0. The van der Waals surface area contributed by atoms with Gasteiger partial charge < -0.3 is 9.64 Å². The van der Waals surface area contributed by atoms with Gasteiger partial charge in [0.15, 0.2) is 0 Å². The summed E-state index contributed by atoms with van der Waals surface area (Å²) in [4.78, 5) is 14.5. The van der Waals surface area contributed by atoms with Gasteiger partial charge in [-0.05, 0) is 54.1 Å². The predicted octanol–water partition coefficient (Wildman–Crippen LogP) is 3.79. The van der Waals surface area contributed by atoms with Gasteiger partial charge >= 0.3 is 0 Å². The van der Waals surface area contributed by atoms with Gasteiger partial charge in [-0.15, -0.1) is 0 Å². The molecule has 3 aromatic rings. The number of para-hydroxylation sites is 1. The van der Waals surface area contributed by atoms with Crippen molar-refractivity contribution in [2.75, 3.05) is 26.1 Å². The van der Waals surface area contributed by atoms with Crippen molar-refractivity contribution >= 4 is 21.6 Å². The molecule has 0 unspecified atom stereocenters. The molecule has 3 rings (SSSR count). The highest BCUT2D eigenvalue weighted by Crippen LogP contribution is 2.21. The SMILES string of the molecule is COc1ccc(S(=O)(=O)N(C)Cc2ccc(C(=O)N(C)c3ccccc3)cc2)cc1. The first-order valence-corrected chi connectivity index (χ1v) is 10.8. The van der Waals surface area contributed by atoms with E-state index >= 15 is 0 Å². The maximum absolute atomic E-state index is 12.8. The average molecular weight is 425 g/mol. The van der Waals surface area contributed by atoms with Gasteiger partial charge in [0, 0.05) is 31.9 Å². The van der Waals surface area contributed by atoms with Crippen molar-refractivity contribution in [1.29, 1.82) is 0 Å². The van der Waals surface area contributed by atoms with Crippen LogP contribution in [0.25, 0.3) is 0 Å². The van der Waals surface area contributed by atoms with Crippen molar-refractivity contribution in [3.8, 4) is 5.75 Å². The Bertz CT molecular complexity index is 1100. The Hall–Kier alpha value is -3.16. The minimum Gasteiger partial charge on any atom is -0.497 e. The molecule has 7 heteroatoms. The Morgan fingerprint density at radius 2 is 1.47 bits per heavy atom. The summed E-state index contributed by atoms with van der Waals surface area (Å²) in [5.74, 6) is 0.462. The van der Waals surface area contributed by atoms with E-state index in [0.717, 1.165) is 11.3 Å². The van der Waals surface area contributed by atoms with Gasteiger partial charge in [-0.1, -0.05) is 30.3 Å². The number of hydrogen-bond donors (Lipinski definition) is 0. The summed E-state index contributed by atoms with van der Waals surface area (Å²) in [6.45, 7) is 0.192. The summed E-state index contributed by atoms with van der Waals surface area (Å²) in [6.07, 6.45) is 0. The Morgan fingerprint density at radius 3 is 2.03 bits per heavy atom. The van der Waals surface area contributed by atoms with Crippen molar-refractivity contribution in [2.24, 2.45) is 0 Å². The zero-order valence-electron chi connectivity index (χ0n) is 17.1. The van der Waals surface area contributed by atoms with E-state index in [0.29, 0.717) is 11.3 Å². The molecular weight excluding hydrogens is 400 g/mol. The summed E-state index contributed by atoms with van der Waals surface area (Å²) in [7, 11) is 1.15. The van der Waals surface area contributed by atoms with E-state index in [-0.39, 0.29) is 17.3 Å². The number of benzene rings is 3. The van der Waals surface area contributed by atoms with E-state index in [1.165, 1.54) is 30.6 Å². The van der Waals surface area contributed by atoms with Gasteiger partial charge in [0.2, 0.25) is 10.0 Å². The van der Waals surface area contributed by atoms with Gasteiger partial charge in [0.05, 0.1) is 12.0 Å². The minimum absolute atomic E-state index is 0.132. The molecule has 0 saturated carbocycles. The second kappa shape index (κ2) is 9.11. The molecule has 0 aromatic heterocycles. The van der Waals surface area contributed by atoms with Crippen molar-refractivity contribution < 1.29 is 17.9 Å². The average Bonchev–Trinajstić information content (AvgIpc) is 2.79. The minimum atomic E-state index is -3.64. The molecule has 0 saturated heterocycles. The molecule has 0 N–H and O–H groups in total. The van der Waals surface area contributed by atoms with Crippen LogP contribution in [0.4, 0.5) is 5.69 Å². The van der Waals surface area contributed by atoms with Gasteiger partial charge in [-0.2, -0.15) is 4.31 Å². The smallest absolute Gasteiger partial charge is 0.258 e. The number of amides is 1. The number of rotatable bonds is 7. The molecule has 0 heterocycles. The fraction of sp³-hybridized carbons (Fsp3) is 0.174. The molecule has 6 nitrogen and oxygen atoms in total. The van der Waals surface area contributed by atoms with Crippen LogP contribution in [0, 0.1) is 0 Å². The van der Waals surface area contributed by atoms with Crippen LogP contribution in [0.15, 0.2) is 83.8 Å². The largest absolute Gasteiger partial charge is 0.497 e. The van der Waals surface area contributed by atoms with Gasteiger partial charge in [0.25, 0.3) is 5.91 Å². The number of methoxy groups -OCH3 is 1. The van der Waals surface area contributed by atoms with Crippen molar-refractivity contribution in [3.63, 3.8) is 0 Å². The lowest BCUT2D eigenvalue weighted by atomic mass is 10.1. The molecule has 0 fully saturated rings. The van der Waals surface area contributed by atoms with Crippen LogP contribution < -0.4 is 9.64 Å². The number of hydrogen-bond acceptors (Lipinski definition) is 4. The van der Waals surface area contributed by atoms with Crippen molar-refractivity contribution in [1.82, 2.24) is 4.31 Å². The third-order valence-electron chi connectivity index (χ3n) is 4.82. The first kappa shape index (κ1) is 21.5. The monoisotopic (exact) mass is 424 g/mol. The second-order valence-corrected chi connectivity index (χ2v) is 8.88. The lowest BCUT2D eigenvalue weighted by Gasteiger charge is -2.19. The molecule has 0 radical (unpaired) electrons. The van der Waals surface area contributed by atoms with Crippen LogP contribution in [0.2, 0.25) is 0 Å². The van der Waals surface area contributed by atoms with E-state index in [2.05, 4.69) is 0 Å². The van der Waals surface area contributed by atoms with Crippen molar-refractivity contribution in [2.45, 2.75) is 11.4 Å². The molecule has 30 heavy (non-hydrogen) atoms. The van der Waals surface area contributed by atoms with Crippen LogP contribution in [0.5, 0.6) is 5.75 Å². The lowest BCUT2D eigenvalue weighted by Crippen LogP contribution is -2.27. The molecule has 1 amide bonds. The van der Waals surface area contributed by atoms with E-state index in [1.807, 2.05) is 30.3 Å². The fourth-order valence-corrected chi connectivity index (χ4v) is 4.14. The Labute approximate surface area is 177 Å². The van der Waals surface area contributed by atoms with Crippen LogP contribution in [-0.2, 0) is 16.6 Å². The molecule has 3 aromatic carbocycles. The molecular formula is C23H24N2O4S. The number of sulfonamides is 1. The zero-order chi connectivity index (χ0) is 21.7. The van der Waals surface area contributed by atoms with E-state index in [1.54, 1.807) is 48.3 Å². The van der Waals surface area contributed by atoms with Gasteiger partial charge in [-0.3, -0.25) is 4.79 Å². The Balaban J connectivity index is 1.70. The number of carbonyl (C=O) groups is 1. The summed E-state index contributed by atoms with van der Waals surface area (Å²) < 4.78 is 31.9. The van der Waals surface area contributed by atoms with E-state index in [9.17, 15) is 13.2 Å². The highest BCUT2D eigenvalue weighted by atomic mass is 32.2. The third kappa shape index (κ3) is 4.69. The summed E-state index contributed by atoms with van der Waals surface area (Å²) >= 11 is 0. The molecule has 0 bridgehead atoms. The summed E-state index contributed by atoms with van der Waals surface area (Å²) in [6, 6.07) is 22.6. The quantitative estimate of drug-likeness (QED) is 0.579. The van der Waals surface area contributed by atoms with Gasteiger partial charge in [0.1, 0.15) is 5.75 Å². The van der Waals surface area contributed by atoms with Crippen LogP contribution in [-0.4, -0.2) is 39.8 Å². The second-order valence-electron chi connectivity index (χ2n) is 6.83. The van der Waals surface area contributed by atoms with Crippen LogP contribution in [0.3, 0.4) is 0 Å². The molecule has 0 aliphatic heterocycles. The van der Waals surface area contributed by atoms with Crippen molar-refractivity contribution in [3.05, 3.63) is 90.0 Å². The first-order chi connectivity index (χ1) is 14.3. The first-order valence-electron chi connectivity index (χ1n) is 9.35. The van der Waals surface area contributed by atoms with E-state index in [4.69, 9.17) is 4.74 Å². The van der Waals surface area contributed by atoms with Crippen LogP contribution in [0.1, 0.15) is 15.9 Å². The lowest BCUT2D eigenvalue weighted by molar-refractivity contribution is 0.0993. The van der Waals surface area contributed by atoms with E-state index < -0.39 is 10.0 Å². The maximum Gasteiger partial charge on any atom is 0.258 e. The number of ether oxygens (including phenoxy) is 1. The Morgan fingerprint density at radius 1 is 0.867 bits per heavy atom. The summed E-state index contributed by atoms with van der Waals surface area (Å²) in [5.41, 5.74) is 2.12. The van der Waals surface area contributed by atoms with Crippen LogP contribution >= 0.6 is 0 Å².